The van der Waals surface area contributed by atoms with E-state index >= 15 is 0 Å². The van der Waals surface area contributed by atoms with Gasteiger partial charge in [-0.05, 0) is 38.6 Å². The van der Waals surface area contributed by atoms with Crippen LogP contribution in [-0.4, -0.2) is 45.0 Å². The van der Waals surface area contributed by atoms with Crippen molar-refractivity contribution < 1.29 is 9.90 Å². The number of carboxylic acids is 1. The number of hydrogen-bond donors (Lipinski definition) is 1. The van der Waals surface area contributed by atoms with Crippen LogP contribution in [0.4, 0.5) is 0 Å². The quantitative estimate of drug-likeness (QED) is 0.911. The number of likely N-dealkylation sites (tertiary alicyclic amines) is 1. The molecule has 0 saturated carbocycles. The third kappa shape index (κ3) is 2.21. The van der Waals surface area contributed by atoms with Gasteiger partial charge in [0.2, 0.25) is 0 Å². The van der Waals surface area contributed by atoms with E-state index in [9.17, 15) is 4.79 Å². The van der Waals surface area contributed by atoms with Crippen LogP contribution in [0.1, 0.15) is 29.0 Å². The van der Waals surface area contributed by atoms with E-state index in [1.165, 1.54) is 12.8 Å². The summed E-state index contributed by atoms with van der Waals surface area (Å²) in [4.78, 5) is 17.7. The minimum Gasteiger partial charge on any atom is -0.478 e. The maximum absolute atomic E-state index is 10.9. The molecule has 0 radical (unpaired) electrons. The van der Waals surface area contributed by atoms with E-state index in [0.717, 1.165) is 24.3 Å². The average molecular weight is 259 g/mol. The summed E-state index contributed by atoms with van der Waals surface area (Å²) in [6.07, 6.45) is 6.91. The van der Waals surface area contributed by atoms with Gasteiger partial charge in [0.15, 0.2) is 0 Å². The topological polar surface area (TPSA) is 57.8 Å². The number of carbonyl (C=O) groups is 1. The molecule has 0 amide bonds. The molecule has 1 aliphatic heterocycles. The Labute approximate surface area is 111 Å². The second-order valence-corrected chi connectivity index (χ2v) is 5.17. The third-order valence-corrected chi connectivity index (χ3v) is 3.95. The van der Waals surface area contributed by atoms with Crippen LogP contribution >= 0.6 is 0 Å². The number of nitrogens with zero attached hydrogens (tertiary/aromatic N) is 3. The molecule has 0 bridgehead atoms. The molecule has 100 valence electrons. The Morgan fingerprint density at radius 2 is 2.42 bits per heavy atom. The second-order valence-electron chi connectivity index (χ2n) is 5.17. The lowest BCUT2D eigenvalue weighted by atomic mass is 10.1. The molecule has 1 saturated heterocycles. The van der Waals surface area contributed by atoms with Crippen LogP contribution < -0.4 is 0 Å². The van der Waals surface area contributed by atoms with Crippen LogP contribution in [-0.2, 0) is 6.42 Å². The van der Waals surface area contributed by atoms with Gasteiger partial charge in [0.05, 0.1) is 17.3 Å². The summed E-state index contributed by atoms with van der Waals surface area (Å²) in [6, 6.07) is 3.83. The number of hydrogen-bond acceptors (Lipinski definition) is 3. The Hall–Kier alpha value is -1.88. The van der Waals surface area contributed by atoms with Gasteiger partial charge in [0, 0.05) is 18.7 Å². The van der Waals surface area contributed by atoms with Crippen LogP contribution in [0, 0.1) is 0 Å². The lowest BCUT2D eigenvalue weighted by molar-refractivity contribution is 0.0697. The monoisotopic (exact) mass is 259 g/mol. The number of aromatic carboxylic acids is 1. The van der Waals surface area contributed by atoms with Gasteiger partial charge in [-0.25, -0.2) is 9.78 Å². The maximum Gasteiger partial charge on any atom is 0.335 e. The van der Waals surface area contributed by atoms with E-state index in [-0.39, 0.29) is 0 Å². The van der Waals surface area contributed by atoms with Gasteiger partial charge >= 0.3 is 5.97 Å². The molecule has 1 atom stereocenters. The van der Waals surface area contributed by atoms with Crippen LogP contribution in [0.5, 0.6) is 0 Å². The van der Waals surface area contributed by atoms with Gasteiger partial charge in [-0.3, -0.25) is 0 Å². The lowest BCUT2D eigenvalue weighted by Crippen LogP contribution is -2.27. The Morgan fingerprint density at radius 1 is 1.58 bits per heavy atom. The van der Waals surface area contributed by atoms with Gasteiger partial charge in [-0.1, -0.05) is 0 Å². The van der Waals surface area contributed by atoms with Crippen molar-refractivity contribution >= 4 is 11.5 Å². The van der Waals surface area contributed by atoms with Crippen molar-refractivity contribution in [3.05, 3.63) is 35.9 Å². The highest BCUT2D eigenvalue weighted by atomic mass is 16.4. The molecule has 5 nitrogen and oxygen atoms in total. The van der Waals surface area contributed by atoms with Gasteiger partial charge < -0.3 is 14.4 Å². The van der Waals surface area contributed by atoms with E-state index < -0.39 is 5.97 Å². The number of fused-ring (bicyclic) bond motifs is 1. The number of pyridine rings is 1. The minimum atomic E-state index is -0.902. The molecule has 0 aliphatic carbocycles. The molecule has 3 rings (SSSR count). The normalized spacial score (nSPS) is 20.2. The Bertz CT molecular complexity index is 620. The molecule has 1 fully saturated rings. The fourth-order valence-corrected chi connectivity index (χ4v) is 2.79. The van der Waals surface area contributed by atoms with Gasteiger partial charge in [0.1, 0.15) is 5.82 Å². The first-order valence-electron chi connectivity index (χ1n) is 6.54. The molecule has 2 aromatic heterocycles. The molecule has 19 heavy (non-hydrogen) atoms. The molecular weight excluding hydrogens is 242 g/mol. The number of likely N-dealkylation sites (N-methyl/N-ethyl adjacent to an activating group) is 1. The van der Waals surface area contributed by atoms with E-state index in [1.807, 2.05) is 4.40 Å². The number of aromatic nitrogens is 2. The van der Waals surface area contributed by atoms with Crippen molar-refractivity contribution in [1.82, 2.24) is 14.3 Å². The highest BCUT2D eigenvalue weighted by Gasteiger charge is 2.22. The van der Waals surface area contributed by atoms with Crippen molar-refractivity contribution in [3.63, 3.8) is 0 Å². The zero-order valence-electron chi connectivity index (χ0n) is 10.9. The van der Waals surface area contributed by atoms with E-state index in [4.69, 9.17) is 5.11 Å². The first-order valence-corrected chi connectivity index (χ1v) is 6.54. The summed E-state index contributed by atoms with van der Waals surface area (Å²) in [6.45, 7) is 1.15. The first kappa shape index (κ1) is 12.2. The maximum atomic E-state index is 10.9. The fourth-order valence-electron chi connectivity index (χ4n) is 2.79. The van der Waals surface area contributed by atoms with Crippen molar-refractivity contribution in [2.24, 2.45) is 0 Å². The molecule has 0 spiro atoms. The van der Waals surface area contributed by atoms with E-state index in [2.05, 4.69) is 16.9 Å². The number of rotatable bonds is 3. The van der Waals surface area contributed by atoms with Gasteiger partial charge in [0.25, 0.3) is 0 Å². The predicted molar refractivity (Wildman–Crippen MR) is 71.5 cm³/mol. The van der Waals surface area contributed by atoms with Crippen LogP contribution in [0.2, 0.25) is 0 Å². The summed E-state index contributed by atoms with van der Waals surface area (Å²) in [5.41, 5.74) is 1.15. The van der Waals surface area contributed by atoms with Crippen molar-refractivity contribution in [2.45, 2.75) is 25.3 Å². The summed E-state index contributed by atoms with van der Waals surface area (Å²) in [5, 5.41) is 8.98. The zero-order valence-corrected chi connectivity index (χ0v) is 10.9. The molecule has 2 aromatic rings. The standard InChI is InChI=1S/C14H17N3O2/c1-16-5-2-3-11(16)8-13-15-9-12-7-10(14(18)19)4-6-17(12)13/h4,6-7,9,11H,2-3,5,8H2,1H3,(H,18,19). The van der Waals surface area contributed by atoms with Crippen molar-refractivity contribution in [3.8, 4) is 0 Å². The number of imidazole rings is 1. The van der Waals surface area contributed by atoms with Crippen molar-refractivity contribution in [2.75, 3.05) is 13.6 Å². The van der Waals surface area contributed by atoms with Crippen LogP contribution in [0.15, 0.2) is 24.5 Å². The Kier molecular flexibility index (Phi) is 2.98. The zero-order chi connectivity index (χ0) is 13.4. The Balaban J connectivity index is 1.90. The fraction of sp³-hybridized carbons (Fsp3) is 0.429. The molecule has 1 unspecified atom stereocenters. The molecule has 0 aromatic carbocycles. The van der Waals surface area contributed by atoms with Gasteiger partial charge in [-0.2, -0.15) is 0 Å². The molecule has 1 aliphatic rings. The van der Waals surface area contributed by atoms with Crippen molar-refractivity contribution in [1.29, 1.82) is 0 Å². The van der Waals surface area contributed by atoms with Gasteiger partial charge in [-0.15, -0.1) is 0 Å². The molecule has 3 heterocycles. The summed E-state index contributed by atoms with van der Waals surface area (Å²) >= 11 is 0. The molecule has 5 heteroatoms. The highest BCUT2D eigenvalue weighted by Crippen LogP contribution is 2.19. The van der Waals surface area contributed by atoms with E-state index in [1.54, 1.807) is 24.5 Å². The minimum absolute atomic E-state index is 0.303. The smallest absolute Gasteiger partial charge is 0.335 e. The van der Waals surface area contributed by atoms with E-state index in [0.29, 0.717) is 11.6 Å². The summed E-state index contributed by atoms with van der Waals surface area (Å²) in [7, 11) is 2.15. The Morgan fingerprint density at radius 3 is 3.11 bits per heavy atom. The molecule has 1 N–H and O–H groups in total. The highest BCUT2D eigenvalue weighted by molar-refractivity contribution is 5.88. The van der Waals surface area contributed by atoms with Crippen LogP contribution in [0.25, 0.3) is 5.52 Å². The van der Waals surface area contributed by atoms with Crippen LogP contribution in [0.3, 0.4) is 0 Å². The third-order valence-electron chi connectivity index (χ3n) is 3.95. The predicted octanol–water partition coefficient (Wildman–Crippen LogP) is 1.67. The summed E-state index contributed by atoms with van der Waals surface area (Å²) in [5.74, 6) is 0.103. The summed E-state index contributed by atoms with van der Waals surface area (Å²) < 4.78 is 1.98. The number of carboxylic acid groups (broad SMARTS) is 1. The lowest BCUT2D eigenvalue weighted by Gasteiger charge is -2.18. The largest absolute Gasteiger partial charge is 0.478 e. The molecular formula is C14H17N3O2. The SMILES string of the molecule is CN1CCCC1Cc1ncc2cc(C(=O)O)ccn12. The first-order chi connectivity index (χ1) is 9.15. The second kappa shape index (κ2) is 4.66. The average Bonchev–Trinajstić information content (AvgIpc) is 2.97.